The van der Waals surface area contributed by atoms with Gasteiger partial charge in [0.05, 0.1) is 17.8 Å². The molecule has 110 valence electrons. The first-order chi connectivity index (χ1) is 9.40. The summed E-state index contributed by atoms with van der Waals surface area (Å²) in [4.78, 5) is 25.8. The van der Waals surface area contributed by atoms with Crippen molar-refractivity contribution < 1.29 is 19.1 Å². The highest BCUT2D eigenvalue weighted by atomic mass is 19.1. The first-order valence-electron chi connectivity index (χ1n) is 6.42. The Morgan fingerprint density at radius 1 is 1.25 bits per heavy atom. The summed E-state index contributed by atoms with van der Waals surface area (Å²) in [6.45, 7) is 5.01. The number of carbonyl (C=O) groups excluding carboxylic acids is 1. The van der Waals surface area contributed by atoms with Crippen LogP contribution >= 0.6 is 0 Å². The largest absolute Gasteiger partial charge is 0.478 e. The number of halogens is 1. The Kier molecular flexibility index (Phi) is 5.49. The fraction of sp³-hybridized carbons (Fsp3) is 0.429. The fourth-order valence-electron chi connectivity index (χ4n) is 1.91. The zero-order chi connectivity index (χ0) is 15.3. The first-order valence-corrected chi connectivity index (χ1v) is 6.42. The maximum absolute atomic E-state index is 13.8. The van der Waals surface area contributed by atoms with Crippen LogP contribution in [0.5, 0.6) is 0 Å². The fourth-order valence-corrected chi connectivity index (χ4v) is 1.91. The van der Waals surface area contributed by atoms with Gasteiger partial charge >= 0.3 is 5.97 Å². The Balaban J connectivity index is 2.85. The summed E-state index contributed by atoms with van der Waals surface area (Å²) in [6, 6.07) is 3.64. The molecule has 0 heterocycles. The Morgan fingerprint density at radius 3 is 2.30 bits per heavy atom. The molecule has 6 heteroatoms. The summed E-state index contributed by atoms with van der Waals surface area (Å²) in [5.74, 6) is -1.93. The van der Waals surface area contributed by atoms with Gasteiger partial charge in [-0.05, 0) is 32.0 Å². The number of rotatable bonds is 6. The Labute approximate surface area is 117 Å². The van der Waals surface area contributed by atoms with E-state index in [4.69, 9.17) is 5.11 Å². The van der Waals surface area contributed by atoms with Gasteiger partial charge < -0.3 is 14.9 Å². The van der Waals surface area contributed by atoms with Crippen molar-refractivity contribution in [3.05, 3.63) is 29.6 Å². The van der Waals surface area contributed by atoms with Gasteiger partial charge in [0.15, 0.2) is 0 Å². The maximum atomic E-state index is 13.8. The number of hydrogen-bond acceptors (Lipinski definition) is 3. The van der Waals surface area contributed by atoms with E-state index in [1.165, 1.54) is 17.0 Å². The topological polar surface area (TPSA) is 60.9 Å². The number of benzene rings is 1. The Morgan fingerprint density at radius 2 is 1.85 bits per heavy atom. The molecule has 0 spiro atoms. The predicted octanol–water partition coefficient (Wildman–Crippen LogP) is 1.83. The molecule has 0 aliphatic heterocycles. The van der Waals surface area contributed by atoms with Crippen LogP contribution in [0, 0.1) is 5.82 Å². The second-order valence-corrected chi connectivity index (χ2v) is 4.39. The molecular weight excluding hydrogens is 263 g/mol. The van der Waals surface area contributed by atoms with Crippen molar-refractivity contribution in [1.29, 1.82) is 0 Å². The van der Waals surface area contributed by atoms with Crippen LogP contribution < -0.4 is 4.90 Å². The number of nitrogens with zero attached hydrogens (tertiary/aromatic N) is 2. The molecule has 0 saturated heterocycles. The van der Waals surface area contributed by atoms with Crippen molar-refractivity contribution in [2.45, 2.75) is 13.8 Å². The van der Waals surface area contributed by atoms with Gasteiger partial charge in [-0.1, -0.05) is 0 Å². The molecule has 0 fully saturated rings. The number of carboxylic acids is 1. The SMILES string of the molecule is CCN(CC)C(=O)CN(C)c1ccc(C(=O)O)cc1F. The average Bonchev–Trinajstić information content (AvgIpc) is 2.39. The second-order valence-electron chi connectivity index (χ2n) is 4.39. The molecule has 0 aliphatic carbocycles. The summed E-state index contributed by atoms with van der Waals surface area (Å²) in [5.41, 5.74) is 0.0882. The molecule has 1 amide bonds. The number of carbonyl (C=O) groups is 2. The molecule has 0 atom stereocenters. The van der Waals surface area contributed by atoms with Crippen molar-refractivity contribution in [2.24, 2.45) is 0 Å². The van der Waals surface area contributed by atoms with Gasteiger partial charge in [0.2, 0.25) is 5.91 Å². The van der Waals surface area contributed by atoms with E-state index in [1.54, 1.807) is 11.9 Å². The van der Waals surface area contributed by atoms with E-state index >= 15 is 0 Å². The standard InChI is InChI=1S/C14H19FN2O3/c1-4-17(5-2)13(18)9-16(3)12-7-6-10(14(19)20)8-11(12)15/h6-8H,4-5,9H2,1-3H3,(H,19,20). The normalized spacial score (nSPS) is 10.2. The highest BCUT2D eigenvalue weighted by Crippen LogP contribution is 2.19. The number of likely N-dealkylation sites (N-methyl/N-ethyl adjacent to an activating group) is 2. The lowest BCUT2D eigenvalue weighted by Gasteiger charge is -2.24. The summed E-state index contributed by atoms with van der Waals surface area (Å²) in [7, 11) is 1.60. The Bertz CT molecular complexity index is 501. The van der Waals surface area contributed by atoms with Gasteiger partial charge in [0.1, 0.15) is 5.82 Å². The number of anilines is 1. The lowest BCUT2D eigenvalue weighted by molar-refractivity contribution is -0.129. The number of hydrogen-bond donors (Lipinski definition) is 1. The number of aromatic carboxylic acids is 1. The molecule has 0 radical (unpaired) electrons. The molecule has 1 aromatic carbocycles. The van der Waals surface area contributed by atoms with Crippen LogP contribution in [-0.4, -0.2) is 48.6 Å². The third-order valence-corrected chi connectivity index (χ3v) is 3.09. The van der Waals surface area contributed by atoms with Gasteiger partial charge in [-0.15, -0.1) is 0 Å². The summed E-state index contributed by atoms with van der Waals surface area (Å²) in [5, 5.41) is 8.78. The van der Waals surface area contributed by atoms with Crippen LogP contribution in [-0.2, 0) is 4.79 Å². The first kappa shape index (κ1) is 15.9. The molecule has 20 heavy (non-hydrogen) atoms. The third kappa shape index (κ3) is 3.69. The molecule has 0 aliphatic rings. The van der Waals surface area contributed by atoms with E-state index in [0.29, 0.717) is 13.1 Å². The lowest BCUT2D eigenvalue weighted by Crippen LogP contribution is -2.39. The van der Waals surface area contributed by atoms with E-state index in [2.05, 4.69) is 0 Å². The van der Waals surface area contributed by atoms with Crippen molar-refractivity contribution in [2.75, 3.05) is 31.6 Å². The smallest absolute Gasteiger partial charge is 0.335 e. The minimum absolute atomic E-state index is 0.0466. The van der Waals surface area contributed by atoms with E-state index < -0.39 is 11.8 Å². The molecule has 1 N–H and O–H groups in total. The highest BCUT2D eigenvalue weighted by molar-refractivity contribution is 5.88. The maximum Gasteiger partial charge on any atom is 0.335 e. The van der Waals surface area contributed by atoms with Gasteiger partial charge in [-0.25, -0.2) is 9.18 Å². The van der Waals surface area contributed by atoms with Crippen LogP contribution in [0.1, 0.15) is 24.2 Å². The second kappa shape index (κ2) is 6.88. The van der Waals surface area contributed by atoms with Crippen LogP contribution in [0.4, 0.5) is 10.1 Å². The van der Waals surface area contributed by atoms with Gasteiger partial charge in [-0.3, -0.25) is 4.79 Å². The quantitative estimate of drug-likeness (QED) is 0.864. The van der Waals surface area contributed by atoms with Gasteiger partial charge in [0.25, 0.3) is 0 Å². The molecular formula is C14H19FN2O3. The zero-order valence-corrected chi connectivity index (χ0v) is 11.9. The third-order valence-electron chi connectivity index (χ3n) is 3.09. The van der Waals surface area contributed by atoms with E-state index in [-0.39, 0.29) is 23.7 Å². The van der Waals surface area contributed by atoms with E-state index in [9.17, 15) is 14.0 Å². The molecule has 1 aromatic rings. The number of carboxylic acid groups (broad SMARTS) is 1. The predicted molar refractivity (Wildman–Crippen MR) is 74.6 cm³/mol. The van der Waals surface area contributed by atoms with E-state index in [1.807, 2.05) is 13.8 Å². The van der Waals surface area contributed by atoms with Crippen LogP contribution in [0.3, 0.4) is 0 Å². The average molecular weight is 282 g/mol. The minimum atomic E-state index is -1.18. The number of amides is 1. The summed E-state index contributed by atoms with van der Waals surface area (Å²) in [6.07, 6.45) is 0. The van der Waals surface area contributed by atoms with Crippen LogP contribution in [0.25, 0.3) is 0 Å². The van der Waals surface area contributed by atoms with Crippen molar-refractivity contribution in [1.82, 2.24) is 4.90 Å². The molecule has 5 nitrogen and oxygen atoms in total. The molecule has 0 aromatic heterocycles. The van der Waals surface area contributed by atoms with Gasteiger partial charge in [0, 0.05) is 20.1 Å². The van der Waals surface area contributed by atoms with Crippen molar-refractivity contribution in [3.8, 4) is 0 Å². The monoisotopic (exact) mass is 282 g/mol. The lowest BCUT2D eigenvalue weighted by atomic mass is 10.2. The molecule has 1 rings (SSSR count). The molecule has 0 bridgehead atoms. The zero-order valence-electron chi connectivity index (χ0n) is 11.9. The van der Waals surface area contributed by atoms with E-state index in [0.717, 1.165) is 6.07 Å². The summed E-state index contributed by atoms with van der Waals surface area (Å²) < 4.78 is 13.8. The van der Waals surface area contributed by atoms with Crippen molar-refractivity contribution >= 4 is 17.6 Å². The molecule has 0 saturated carbocycles. The van der Waals surface area contributed by atoms with Crippen LogP contribution in [0.15, 0.2) is 18.2 Å². The minimum Gasteiger partial charge on any atom is -0.478 e. The summed E-state index contributed by atoms with van der Waals surface area (Å²) >= 11 is 0. The van der Waals surface area contributed by atoms with Crippen LogP contribution in [0.2, 0.25) is 0 Å². The van der Waals surface area contributed by atoms with Crippen molar-refractivity contribution in [3.63, 3.8) is 0 Å². The van der Waals surface area contributed by atoms with Gasteiger partial charge in [-0.2, -0.15) is 0 Å². The molecule has 0 unspecified atom stereocenters. The Hall–Kier alpha value is -2.11. The highest BCUT2D eigenvalue weighted by Gasteiger charge is 2.16.